The quantitative estimate of drug-likeness (QED) is 0.207. The molecule has 2 heterocycles. The van der Waals surface area contributed by atoms with E-state index < -0.39 is 17.6 Å². The molecular formula is C27H24F3N3O3S2. The minimum Gasteiger partial charge on any atom is -0.494 e. The van der Waals surface area contributed by atoms with E-state index in [9.17, 15) is 22.8 Å². The van der Waals surface area contributed by atoms with Crippen LogP contribution in [0.5, 0.6) is 5.75 Å². The number of fused-ring (bicyclic) bond motifs is 3. The number of amides is 1. The lowest BCUT2D eigenvalue weighted by atomic mass is 9.97. The Balaban J connectivity index is 1.47. The molecule has 0 saturated carbocycles. The lowest BCUT2D eigenvalue weighted by Crippen LogP contribution is -2.23. The predicted molar refractivity (Wildman–Crippen MR) is 144 cm³/mol. The van der Waals surface area contributed by atoms with E-state index in [2.05, 4.69) is 5.32 Å². The third-order valence-corrected chi connectivity index (χ3v) is 8.29. The number of carbonyl (C=O) groups excluding carboxylic acids is 1. The monoisotopic (exact) mass is 559 g/mol. The van der Waals surface area contributed by atoms with Gasteiger partial charge >= 0.3 is 6.18 Å². The van der Waals surface area contributed by atoms with Gasteiger partial charge in [0.1, 0.15) is 10.6 Å². The summed E-state index contributed by atoms with van der Waals surface area (Å²) in [4.78, 5) is 33.1. The number of aryl methyl sites for hydroxylation is 2. The van der Waals surface area contributed by atoms with Crippen LogP contribution in [-0.2, 0) is 23.8 Å². The van der Waals surface area contributed by atoms with Crippen molar-refractivity contribution in [3.63, 3.8) is 0 Å². The van der Waals surface area contributed by atoms with Crippen LogP contribution in [0.15, 0.2) is 58.5 Å². The van der Waals surface area contributed by atoms with Crippen molar-refractivity contribution in [2.75, 3.05) is 17.7 Å². The van der Waals surface area contributed by atoms with Crippen LogP contribution in [0.3, 0.4) is 0 Å². The Morgan fingerprint density at radius 3 is 2.66 bits per heavy atom. The molecule has 0 bridgehead atoms. The Morgan fingerprint density at radius 2 is 1.92 bits per heavy atom. The molecular weight excluding hydrogens is 535 g/mol. The average molecular weight is 560 g/mol. The number of hydrogen-bond donors (Lipinski definition) is 1. The molecule has 0 atom stereocenters. The van der Waals surface area contributed by atoms with Gasteiger partial charge in [0, 0.05) is 10.6 Å². The Labute approximate surface area is 224 Å². The smallest absolute Gasteiger partial charge is 0.416 e. The summed E-state index contributed by atoms with van der Waals surface area (Å²) < 4.78 is 46.1. The van der Waals surface area contributed by atoms with Gasteiger partial charge in [0.05, 0.1) is 29.0 Å². The number of benzene rings is 2. The van der Waals surface area contributed by atoms with Crippen molar-refractivity contribution < 1.29 is 22.7 Å². The van der Waals surface area contributed by atoms with Crippen molar-refractivity contribution in [1.82, 2.24) is 9.55 Å². The Bertz CT molecular complexity index is 1550. The summed E-state index contributed by atoms with van der Waals surface area (Å²) in [6.07, 6.45) is -0.664. The van der Waals surface area contributed by atoms with E-state index in [4.69, 9.17) is 9.72 Å². The van der Waals surface area contributed by atoms with Gasteiger partial charge in [-0.3, -0.25) is 14.2 Å². The first-order chi connectivity index (χ1) is 18.2. The maximum atomic E-state index is 13.8. The molecule has 198 valence electrons. The van der Waals surface area contributed by atoms with Crippen molar-refractivity contribution >= 4 is 44.9 Å². The Kier molecular flexibility index (Phi) is 7.49. The van der Waals surface area contributed by atoms with E-state index in [-0.39, 0.29) is 17.0 Å². The van der Waals surface area contributed by atoms with Crippen LogP contribution in [0.2, 0.25) is 0 Å². The topological polar surface area (TPSA) is 73.2 Å². The first-order valence-corrected chi connectivity index (χ1v) is 13.9. The average Bonchev–Trinajstić information content (AvgIpc) is 3.27. The molecule has 4 aromatic rings. The van der Waals surface area contributed by atoms with Gasteiger partial charge in [-0.15, -0.1) is 11.3 Å². The number of nitrogens with zero attached hydrogens (tertiary/aromatic N) is 2. The number of thiophene rings is 1. The lowest BCUT2D eigenvalue weighted by molar-refractivity contribution is -0.137. The van der Waals surface area contributed by atoms with Crippen LogP contribution in [-0.4, -0.2) is 27.8 Å². The molecule has 0 spiro atoms. The number of thioether (sulfide) groups is 1. The maximum Gasteiger partial charge on any atom is 0.416 e. The molecule has 6 nitrogen and oxygen atoms in total. The first kappa shape index (κ1) is 26.3. The van der Waals surface area contributed by atoms with Crippen LogP contribution < -0.4 is 15.6 Å². The van der Waals surface area contributed by atoms with Crippen molar-refractivity contribution in [1.29, 1.82) is 0 Å². The van der Waals surface area contributed by atoms with Gasteiger partial charge in [-0.1, -0.05) is 17.8 Å². The molecule has 0 unspecified atom stereocenters. The number of hydrogen-bond acceptors (Lipinski definition) is 6. The zero-order valence-corrected chi connectivity index (χ0v) is 22.1. The van der Waals surface area contributed by atoms with E-state index in [0.717, 1.165) is 55.1 Å². The number of aromatic nitrogens is 2. The number of carbonyl (C=O) groups is 1. The molecule has 0 fully saturated rings. The summed E-state index contributed by atoms with van der Waals surface area (Å²) in [6.45, 7) is 2.39. The summed E-state index contributed by atoms with van der Waals surface area (Å²) in [6, 6.07) is 11.5. The molecule has 0 radical (unpaired) electrons. The number of alkyl halides is 3. The minimum absolute atomic E-state index is 0.0451. The van der Waals surface area contributed by atoms with Gasteiger partial charge in [-0.25, -0.2) is 4.98 Å². The van der Waals surface area contributed by atoms with Gasteiger partial charge in [-0.2, -0.15) is 13.2 Å². The molecule has 2 aromatic heterocycles. The highest BCUT2D eigenvalue weighted by Gasteiger charge is 2.30. The fourth-order valence-corrected chi connectivity index (χ4v) is 6.58. The zero-order valence-electron chi connectivity index (χ0n) is 20.4. The molecule has 0 aliphatic heterocycles. The standard InChI is InChI=1S/C27H24F3N3O3S2/c1-2-36-19-12-10-18(11-13-19)33-25(35)23-20-8-3-4-9-21(20)38-24(23)32-26(33)37-15-22(34)31-17-7-5-6-16(14-17)27(28,29)30/h5-7,10-14H,2-4,8-9,15H2,1H3,(H,31,34). The van der Waals surface area contributed by atoms with E-state index in [1.54, 1.807) is 24.3 Å². The number of ether oxygens (including phenoxy) is 1. The van der Waals surface area contributed by atoms with Gasteiger partial charge in [0.15, 0.2) is 5.16 Å². The summed E-state index contributed by atoms with van der Waals surface area (Å²) in [7, 11) is 0. The van der Waals surface area contributed by atoms with Gasteiger partial charge in [0.25, 0.3) is 5.56 Å². The Morgan fingerprint density at radius 1 is 1.16 bits per heavy atom. The van der Waals surface area contributed by atoms with Crippen LogP contribution >= 0.6 is 23.1 Å². The fourth-order valence-electron chi connectivity index (χ4n) is 4.47. The van der Waals surface area contributed by atoms with E-state index >= 15 is 0 Å². The summed E-state index contributed by atoms with van der Waals surface area (Å²) >= 11 is 2.58. The van der Waals surface area contributed by atoms with Crippen molar-refractivity contribution in [3.05, 3.63) is 74.9 Å². The highest BCUT2D eigenvalue weighted by molar-refractivity contribution is 7.99. The summed E-state index contributed by atoms with van der Waals surface area (Å²) in [5, 5.41) is 3.47. The van der Waals surface area contributed by atoms with Crippen molar-refractivity contribution in [2.45, 2.75) is 43.9 Å². The minimum atomic E-state index is -4.51. The number of nitrogens with one attached hydrogen (secondary N) is 1. The van der Waals surface area contributed by atoms with Crippen LogP contribution in [0.25, 0.3) is 15.9 Å². The van der Waals surface area contributed by atoms with Crippen molar-refractivity contribution in [3.8, 4) is 11.4 Å². The molecule has 2 aromatic carbocycles. The Hall–Kier alpha value is -3.31. The number of halogens is 3. The SMILES string of the molecule is CCOc1ccc(-n2c(SCC(=O)Nc3cccc(C(F)(F)F)c3)nc3sc4c(c3c2=O)CCCC4)cc1. The third-order valence-electron chi connectivity index (χ3n) is 6.17. The summed E-state index contributed by atoms with van der Waals surface area (Å²) in [5.41, 5.74) is 0.653. The second-order valence-corrected chi connectivity index (χ2v) is 10.8. The maximum absolute atomic E-state index is 13.8. The number of anilines is 1. The zero-order chi connectivity index (χ0) is 26.9. The van der Waals surface area contributed by atoms with Gasteiger partial charge in [-0.05, 0) is 80.6 Å². The molecule has 5 rings (SSSR count). The van der Waals surface area contributed by atoms with E-state index in [0.29, 0.717) is 33.4 Å². The molecule has 38 heavy (non-hydrogen) atoms. The normalized spacial score (nSPS) is 13.4. The molecule has 1 aliphatic carbocycles. The number of rotatable bonds is 7. The molecule has 1 aliphatic rings. The predicted octanol–water partition coefficient (Wildman–Crippen LogP) is 6.47. The van der Waals surface area contributed by atoms with Gasteiger partial charge in [0.2, 0.25) is 5.91 Å². The van der Waals surface area contributed by atoms with Crippen LogP contribution in [0, 0.1) is 0 Å². The van der Waals surface area contributed by atoms with Crippen LogP contribution in [0.4, 0.5) is 18.9 Å². The third kappa shape index (κ3) is 5.44. The second kappa shape index (κ2) is 10.8. The molecule has 0 saturated heterocycles. The first-order valence-electron chi connectivity index (χ1n) is 12.1. The summed E-state index contributed by atoms with van der Waals surface area (Å²) in [5.74, 6) is 0.0179. The molecule has 1 amide bonds. The van der Waals surface area contributed by atoms with Crippen molar-refractivity contribution in [2.24, 2.45) is 0 Å². The van der Waals surface area contributed by atoms with Crippen LogP contribution in [0.1, 0.15) is 35.8 Å². The van der Waals surface area contributed by atoms with Gasteiger partial charge < -0.3 is 10.1 Å². The molecule has 11 heteroatoms. The highest BCUT2D eigenvalue weighted by atomic mass is 32.2. The highest BCUT2D eigenvalue weighted by Crippen LogP contribution is 2.35. The fraction of sp³-hybridized carbons (Fsp3) is 0.296. The largest absolute Gasteiger partial charge is 0.494 e. The second-order valence-electron chi connectivity index (χ2n) is 8.77. The lowest BCUT2D eigenvalue weighted by Gasteiger charge is -2.14. The van der Waals surface area contributed by atoms with E-state index in [1.165, 1.54) is 32.9 Å². The van der Waals surface area contributed by atoms with E-state index in [1.807, 2.05) is 6.92 Å². The molecule has 1 N–H and O–H groups in total.